The summed E-state index contributed by atoms with van der Waals surface area (Å²) in [7, 11) is 0. The quantitative estimate of drug-likeness (QED) is 0.129. The van der Waals surface area contributed by atoms with E-state index in [1.54, 1.807) is 12.7 Å². The van der Waals surface area contributed by atoms with E-state index in [0.29, 0.717) is 0 Å². The molecule has 0 aliphatic carbocycles. The van der Waals surface area contributed by atoms with Crippen LogP contribution in [0.15, 0.2) is 207 Å². The third-order valence-electron chi connectivity index (χ3n) is 12.0. The van der Waals surface area contributed by atoms with Gasteiger partial charge in [-0.05, 0) is 107 Å². The zero-order valence-electron chi connectivity index (χ0n) is 32.4. The average molecular weight is 763 g/mol. The highest BCUT2D eigenvalue weighted by Crippen LogP contribution is 2.51. The van der Waals surface area contributed by atoms with Gasteiger partial charge in [0.1, 0.15) is 12.7 Å². The maximum Gasteiger partial charge on any atom is 0.116 e. The number of benzene rings is 10. The highest BCUT2D eigenvalue weighted by atomic mass is 14.8. The maximum atomic E-state index is 5.11. The Morgan fingerprint density at radius 3 is 1.20 bits per heavy atom. The third-order valence-corrected chi connectivity index (χ3v) is 12.0. The molecule has 278 valence electrons. The Balaban J connectivity index is 1.32. The number of hydrogen-bond acceptors (Lipinski definition) is 4. The summed E-state index contributed by atoms with van der Waals surface area (Å²) in [6, 6.07) is 69.6. The molecule has 0 aliphatic heterocycles. The molecule has 0 aliphatic rings. The Labute approximate surface area is 346 Å². The molecular formula is C56H34N4. The second-order valence-corrected chi connectivity index (χ2v) is 15.3. The first-order chi connectivity index (χ1) is 29.8. The minimum absolute atomic E-state index is 0.901. The summed E-state index contributed by atoms with van der Waals surface area (Å²) < 4.78 is 0. The molecule has 0 spiro atoms. The van der Waals surface area contributed by atoms with E-state index in [2.05, 4.69) is 182 Å². The lowest BCUT2D eigenvalue weighted by atomic mass is 9.81. The normalized spacial score (nSPS) is 11.7. The van der Waals surface area contributed by atoms with Gasteiger partial charge >= 0.3 is 0 Å². The molecule has 4 nitrogen and oxygen atoms in total. The molecule has 0 radical (unpaired) electrons. The van der Waals surface area contributed by atoms with Crippen LogP contribution in [-0.2, 0) is 0 Å². The summed E-state index contributed by atoms with van der Waals surface area (Å²) in [5.74, 6) is 0. The molecule has 0 saturated carbocycles. The Bertz CT molecular complexity index is 3640. The van der Waals surface area contributed by atoms with E-state index in [1.807, 2.05) is 12.1 Å². The van der Waals surface area contributed by atoms with Gasteiger partial charge in [0.05, 0.1) is 22.4 Å². The second-order valence-electron chi connectivity index (χ2n) is 15.3. The van der Waals surface area contributed by atoms with Gasteiger partial charge in [0.25, 0.3) is 0 Å². The van der Waals surface area contributed by atoms with E-state index in [-0.39, 0.29) is 0 Å². The summed E-state index contributed by atoms with van der Waals surface area (Å²) in [6.07, 6.45) is 3.40. The molecule has 0 saturated heterocycles. The lowest BCUT2D eigenvalue weighted by molar-refractivity contribution is 1.23. The van der Waals surface area contributed by atoms with E-state index in [4.69, 9.17) is 19.9 Å². The second kappa shape index (κ2) is 13.8. The van der Waals surface area contributed by atoms with Crippen molar-refractivity contribution in [3.8, 4) is 55.9 Å². The van der Waals surface area contributed by atoms with Crippen molar-refractivity contribution in [2.24, 2.45) is 0 Å². The summed E-state index contributed by atoms with van der Waals surface area (Å²) in [4.78, 5) is 19.6. The van der Waals surface area contributed by atoms with E-state index in [1.165, 1.54) is 49.4 Å². The van der Waals surface area contributed by atoms with Crippen LogP contribution < -0.4 is 0 Å². The minimum Gasteiger partial charge on any atom is -0.236 e. The highest BCUT2D eigenvalue weighted by molar-refractivity contribution is 6.30. The Morgan fingerprint density at radius 2 is 0.617 bits per heavy atom. The Hall–Kier alpha value is -8.08. The van der Waals surface area contributed by atoms with Gasteiger partial charge in [-0.25, -0.2) is 19.9 Å². The number of nitrogens with zero attached hydrogens (tertiary/aromatic N) is 4. The van der Waals surface area contributed by atoms with Crippen molar-refractivity contribution in [3.63, 3.8) is 0 Å². The zero-order chi connectivity index (χ0) is 39.6. The molecule has 60 heavy (non-hydrogen) atoms. The van der Waals surface area contributed by atoms with Gasteiger partial charge in [-0.2, -0.15) is 0 Å². The van der Waals surface area contributed by atoms with Crippen molar-refractivity contribution in [1.29, 1.82) is 0 Å². The minimum atomic E-state index is 0.901. The van der Waals surface area contributed by atoms with Crippen LogP contribution in [0, 0.1) is 0 Å². The van der Waals surface area contributed by atoms with Crippen molar-refractivity contribution in [1.82, 2.24) is 19.9 Å². The SMILES string of the molecule is c1ccc(-c2cccc(-c3c(-c4ccccc4)c4cc5c(-c6ncnc7ccccc67)c6ccccc6c(-c6ncnc7ccccc67)c5cc4c4ccccc34)c2)cc1. The number of aromatic nitrogens is 4. The summed E-state index contributed by atoms with van der Waals surface area (Å²) >= 11 is 0. The van der Waals surface area contributed by atoms with Gasteiger partial charge in [0.2, 0.25) is 0 Å². The van der Waals surface area contributed by atoms with Crippen molar-refractivity contribution < 1.29 is 0 Å². The van der Waals surface area contributed by atoms with Crippen LogP contribution in [0.4, 0.5) is 0 Å². The molecule has 4 heteroatoms. The van der Waals surface area contributed by atoms with Crippen LogP contribution in [0.3, 0.4) is 0 Å². The summed E-state index contributed by atoms with van der Waals surface area (Å²) in [6.45, 7) is 0. The molecule has 2 heterocycles. The third kappa shape index (κ3) is 5.32. The van der Waals surface area contributed by atoms with Crippen molar-refractivity contribution in [2.75, 3.05) is 0 Å². The standard InChI is InChI=1S/C56H34N4/c1-3-16-35(17-4-1)37-20-15-21-38(30-37)52-40-23-8-7-22-39(40)45-31-47-48(32-46(45)51(52)36-18-5-2-6-19-36)54(56-44-27-12-14-29-50(44)58-34-60-56)42-25-10-9-24-41(42)53(47)55-43-26-11-13-28-49(43)57-33-59-55/h1-34H. The van der Waals surface area contributed by atoms with E-state index in [9.17, 15) is 0 Å². The fourth-order valence-corrected chi connectivity index (χ4v) is 9.47. The molecular weight excluding hydrogens is 729 g/mol. The molecule has 0 bridgehead atoms. The lowest BCUT2D eigenvalue weighted by Crippen LogP contribution is -1.98. The van der Waals surface area contributed by atoms with E-state index < -0.39 is 0 Å². The molecule has 0 N–H and O–H groups in total. The smallest absolute Gasteiger partial charge is 0.116 e. The Morgan fingerprint density at radius 1 is 0.217 bits per heavy atom. The monoisotopic (exact) mass is 762 g/mol. The zero-order valence-corrected chi connectivity index (χ0v) is 32.4. The van der Waals surface area contributed by atoms with Crippen LogP contribution in [0.25, 0.3) is 121 Å². The van der Waals surface area contributed by atoms with Crippen molar-refractivity contribution in [2.45, 2.75) is 0 Å². The first-order valence-electron chi connectivity index (χ1n) is 20.3. The first-order valence-corrected chi connectivity index (χ1v) is 20.3. The molecule has 0 unspecified atom stereocenters. The topological polar surface area (TPSA) is 51.6 Å². The average Bonchev–Trinajstić information content (AvgIpc) is 3.32. The van der Waals surface area contributed by atoms with Gasteiger partial charge in [0, 0.05) is 21.9 Å². The van der Waals surface area contributed by atoms with Crippen LogP contribution >= 0.6 is 0 Å². The predicted octanol–water partition coefficient (Wildman–Crippen LogP) is 14.5. The van der Waals surface area contributed by atoms with Crippen LogP contribution in [0.1, 0.15) is 0 Å². The summed E-state index contributed by atoms with van der Waals surface area (Å²) in [5.41, 5.74) is 12.9. The summed E-state index contributed by atoms with van der Waals surface area (Å²) in [5, 5.41) is 11.2. The molecule has 0 fully saturated rings. The molecule has 12 aromatic rings. The number of hydrogen-bond donors (Lipinski definition) is 0. The van der Waals surface area contributed by atoms with Gasteiger partial charge in [-0.15, -0.1) is 0 Å². The van der Waals surface area contributed by atoms with Crippen LogP contribution in [-0.4, -0.2) is 19.9 Å². The van der Waals surface area contributed by atoms with Gasteiger partial charge < -0.3 is 0 Å². The van der Waals surface area contributed by atoms with Gasteiger partial charge in [-0.3, -0.25) is 0 Å². The van der Waals surface area contributed by atoms with Crippen molar-refractivity contribution >= 4 is 64.9 Å². The first kappa shape index (κ1) is 34.0. The number of para-hydroxylation sites is 2. The van der Waals surface area contributed by atoms with E-state index >= 15 is 0 Å². The molecule has 0 atom stereocenters. The van der Waals surface area contributed by atoms with Gasteiger partial charge in [-0.1, -0.05) is 164 Å². The molecule has 0 amide bonds. The predicted molar refractivity (Wildman–Crippen MR) is 250 cm³/mol. The highest BCUT2D eigenvalue weighted by Gasteiger charge is 2.25. The van der Waals surface area contributed by atoms with Crippen LogP contribution in [0.5, 0.6) is 0 Å². The lowest BCUT2D eigenvalue weighted by Gasteiger charge is -2.22. The largest absolute Gasteiger partial charge is 0.236 e. The fourth-order valence-electron chi connectivity index (χ4n) is 9.47. The Kier molecular flexibility index (Phi) is 7.82. The van der Waals surface area contributed by atoms with Gasteiger partial charge in [0.15, 0.2) is 0 Å². The van der Waals surface area contributed by atoms with Crippen LogP contribution in [0.2, 0.25) is 0 Å². The molecule has 2 aromatic heterocycles. The van der Waals surface area contributed by atoms with Crippen molar-refractivity contribution in [3.05, 3.63) is 207 Å². The number of fused-ring (bicyclic) bond motifs is 7. The molecule has 12 rings (SSSR count). The number of rotatable bonds is 5. The van der Waals surface area contributed by atoms with E-state index in [0.717, 1.165) is 71.4 Å². The fraction of sp³-hybridized carbons (Fsp3) is 0. The molecule has 10 aromatic carbocycles. The maximum absolute atomic E-state index is 5.11.